The van der Waals surface area contributed by atoms with Gasteiger partial charge in [-0.1, -0.05) is 6.92 Å². The van der Waals surface area contributed by atoms with Crippen LogP contribution in [0.4, 0.5) is 4.39 Å². The number of rotatable bonds is 3. The van der Waals surface area contributed by atoms with Gasteiger partial charge in [0, 0.05) is 29.6 Å². The van der Waals surface area contributed by atoms with Crippen molar-refractivity contribution < 1.29 is 14.4 Å². The van der Waals surface area contributed by atoms with Gasteiger partial charge in [0.1, 0.15) is 0 Å². The largest absolute Gasteiger partial charge is 0.289 e. The van der Waals surface area contributed by atoms with Gasteiger partial charge in [0.15, 0.2) is 0 Å². The minimum absolute atomic E-state index is 0.417. The van der Waals surface area contributed by atoms with E-state index in [9.17, 15) is 9.18 Å². The number of hydrogen-bond donors (Lipinski definition) is 2. The van der Waals surface area contributed by atoms with Gasteiger partial charge >= 0.3 is 0 Å². The van der Waals surface area contributed by atoms with Crippen LogP contribution >= 0.6 is 0 Å². The zero-order valence-corrected chi connectivity index (χ0v) is 10.1. The molecule has 1 amide bonds. The molecular formula is C13H15FN2O2. The Morgan fingerprint density at radius 3 is 2.94 bits per heavy atom. The number of halogens is 1. The van der Waals surface area contributed by atoms with Crippen LogP contribution < -0.4 is 5.48 Å². The zero-order chi connectivity index (χ0) is 12.9. The van der Waals surface area contributed by atoms with Crippen LogP contribution in [0.3, 0.4) is 0 Å². The number of pyridine rings is 1. The van der Waals surface area contributed by atoms with Crippen LogP contribution in [0, 0.1) is 5.92 Å². The normalized spacial score (nSPS) is 34.2. The SMILES string of the molecule is C[C@@H]1[C@@H](c2ccnc(C3CC3)c2)[C@@]1(F)C(=O)NO. The van der Waals surface area contributed by atoms with Crippen molar-refractivity contribution in [2.45, 2.75) is 37.3 Å². The number of aromatic nitrogens is 1. The number of carbonyl (C=O) groups is 1. The molecule has 4 nitrogen and oxygen atoms in total. The number of carbonyl (C=O) groups excluding carboxylic acids is 1. The van der Waals surface area contributed by atoms with Crippen molar-refractivity contribution in [3.8, 4) is 0 Å². The molecule has 3 rings (SSSR count). The van der Waals surface area contributed by atoms with E-state index in [1.165, 1.54) is 5.48 Å². The molecule has 0 radical (unpaired) electrons. The molecule has 2 aliphatic rings. The first-order valence-corrected chi connectivity index (χ1v) is 6.18. The van der Waals surface area contributed by atoms with Crippen LogP contribution in [0.2, 0.25) is 0 Å². The topological polar surface area (TPSA) is 62.2 Å². The summed E-state index contributed by atoms with van der Waals surface area (Å²) in [6, 6.07) is 3.64. The summed E-state index contributed by atoms with van der Waals surface area (Å²) in [5, 5.41) is 8.59. The molecule has 3 atom stereocenters. The Balaban J connectivity index is 1.88. The molecule has 1 aromatic rings. The second kappa shape index (κ2) is 3.75. The summed E-state index contributed by atoms with van der Waals surface area (Å²) >= 11 is 0. The van der Waals surface area contributed by atoms with Gasteiger partial charge in [0.25, 0.3) is 5.91 Å². The molecule has 2 saturated carbocycles. The van der Waals surface area contributed by atoms with Crippen molar-refractivity contribution in [3.63, 3.8) is 0 Å². The molecule has 96 valence electrons. The molecular weight excluding hydrogens is 235 g/mol. The van der Waals surface area contributed by atoms with Crippen molar-refractivity contribution in [2.24, 2.45) is 5.92 Å². The molecule has 2 fully saturated rings. The van der Waals surface area contributed by atoms with Crippen LogP contribution in [-0.4, -0.2) is 21.8 Å². The molecule has 1 heterocycles. The molecule has 2 aliphatic carbocycles. The first-order chi connectivity index (χ1) is 8.59. The lowest BCUT2D eigenvalue weighted by Gasteiger charge is -2.06. The summed E-state index contributed by atoms with van der Waals surface area (Å²) in [5.41, 5.74) is 1.21. The Kier molecular flexibility index (Phi) is 2.41. The highest BCUT2D eigenvalue weighted by atomic mass is 19.1. The molecule has 0 saturated heterocycles. The highest BCUT2D eigenvalue weighted by Crippen LogP contribution is 2.60. The lowest BCUT2D eigenvalue weighted by atomic mass is 10.1. The zero-order valence-electron chi connectivity index (χ0n) is 10.1. The average molecular weight is 250 g/mol. The summed E-state index contributed by atoms with van der Waals surface area (Å²) in [6.07, 6.45) is 3.94. The van der Waals surface area contributed by atoms with Gasteiger partial charge in [0.2, 0.25) is 5.67 Å². The second-order valence-electron chi connectivity index (χ2n) is 5.26. The van der Waals surface area contributed by atoms with Gasteiger partial charge < -0.3 is 0 Å². The van der Waals surface area contributed by atoms with Gasteiger partial charge in [-0.3, -0.25) is 15.0 Å². The van der Waals surface area contributed by atoms with E-state index >= 15 is 0 Å². The van der Waals surface area contributed by atoms with Gasteiger partial charge in [0.05, 0.1) is 0 Å². The van der Waals surface area contributed by atoms with E-state index < -0.39 is 23.4 Å². The number of hydroxylamine groups is 1. The van der Waals surface area contributed by atoms with Crippen molar-refractivity contribution in [2.75, 3.05) is 0 Å². The molecule has 0 spiro atoms. The Bertz CT molecular complexity index is 504. The Labute approximate surface area is 104 Å². The van der Waals surface area contributed by atoms with E-state index in [2.05, 4.69) is 4.98 Å². The minimum atomic E-state index is -1.99. The van der Waals surface area contributed by atoms with E-state index in [1.54, 1.807) is 19.2 Å². The third-order valence-electron chi connectivity index (χ3n) is 4.12. The summed E-state index contributed by atoms with van der Waals surface area (Å²) in [7, 11) is 0. The first-order valence-electron chi connectivity index (χ1n) is 6.18. The molecule has 0 aliphatic heterocycles. The maximum Gasteiger partial charge on any atom is 0.281 e. The number of amides is 1. The fourth-order valence-electron chi connectivity index (χ4n) is 2.75. The van der Waals surface area contributed by atoms with Crippen LogP contribution in [0.1, 0.15) is 42.9 Å². The highest BCUT2D eigenvalue weighted by Gasteiger charge is 2.69. The van der Waals surface area contributed by atoms with Crippen LogP contribution in [0.15, 0.2) is 18.3 Å². The lowest BCUT2D eigenvalue weighted by Crippen LogP contribution is -2.33. The summed E-state index contributed by atoms with van der Waals surface area (Å²) in [6.45, 7) is 1.68. The molecule has 0 unspecified atom stereocenters. The molecule has 5 heteroatoms. The Morgan fingerprint density at radius 1 is 1.61 bits per heavy atom. The van der Waals surface area contributed by atoms with Crippen LogP contribution in [0.5, 0.6) is 0 Å². The quantitative estimate of drug-likeness (QED) is 0.636. The first kappa shape index (κ1) is 11.6. The average Bonchev–Trinajstić information content (AvgIpc) is 3.28. The molecule has 0 aromatic carbocycles. The van der Waals surface area contributed by atoms with Crippen molar-refractivity contribution in [1.29, 1.82) is 0 Å². The second-order valence-corrected chi connectivity index (χ2v) is 5.26. The highest BCUT2D eigenvalue weighted by molar-refractivity contribution is 5.90. The number of nitrogens with one attached hydrogen (secondary N) is 1. The van der Waals surface area contributed by atoms with Gasteiger partial charge in [-0.2, -0.15) is 0 Å². The van der Waals surface area contributed by atoms with Crippen molar-refractivity contribution >= 4 is 5.91 Å². The van der Waals surface area contributed by atoms with Gasteiger partial charge in [-0.25, -0.2) is 9.87 Å². The summed E-state index contributed by atoms with van der Waals surface area (Å²) in [5.74, 6) is -1.35. The summed E-state index contributed by atoms with van der Waals surface area (Å²) < 4.78 is 14.4. The van der Waals surface area contributed by atoms with E-state index in [0.29, 0.717) is 5.92 Å². The fourth-order valence-corrected chi connectivity index (χ4v) is 2.75. The molecule has 2 N–H and O–H groups in total. The maximum atomic E-state index is 14.4. The molecule has 0 bridgehead atoms. The van der Waals surface area contributed by atoms with Gasteiger partial charge in [-0.15, -0.1) is 0 Å². The minimum Gasteiger partial charge on any atom is -0.289 e. The van der Waals surface area contributed by atoms with Crippen LogP contribution in [-0.2, 0) is 4.79 Å². The van der Waals surface area contributed by atoms with Crippen LogP contribution in [0.25, 0.3) is 0 Å². The standard InChI is InChI=1S/C13H15FN2O2/c1-7-11(13(7,14)12(17)16-18)9-4-5-15-10(6-9)8-2-3-8/h4-8,11,18H,2-3H2,1H3,(H,16,17)/t7-,11+,13-/m1/s1. The van der Waals surface area contributed by atoms with Gasteiger partial charge in [-0.05, 0) is 30.5 Å². The number of hydrogen-bond acceptors (Lipinski definition) is 3. The third kappa shape index (κ3) is 1.54. The Morgan fingerprint density at radius 2 is 2.33 bits per heavy atom. The summed E-state index contributed by atoms with van der Waals surface area (Å²) in [4.78, 5) is 15.6. The predicted octanol–water partition coefficient (Wildman–Crippen LogP) is 1.91. The molecule has 1 aromatic heterocycles. The van der Waals surface area contributed by atoms with E-state index in [4.69, 9.17) is 5.21 Å². The number of alkyl halides is 1. The third-order valence-corrected chi connectivity index (χ3v) is 4.12. The smallest absolute Gasteiger partial charge is 0.281 e. The molecule has 18 heavy (non-hydrogen) atoms. The fraction of sp³-hybridized carbons (Fsp3) is 0.538. The van der Waals surface area contributed by atoms with Crippen molar-refractivity contribution in [1.82, 2.24) is 10.5 Å². The van der Waals surface area contributed by atoms with E-state index in [1.807, 2.05) is 6.07 Å². The number of nitrogens with zero attached hydrogens (tertiary/aromatic N) is 1. The maximum absolute atomic E-state index is 14.4. The monoisotopic (exact) mass is 250 g/mol. The lowest BCUT2D eigenvalue weighted by molar-refractivity contribution is -0.136. The van der Waals surface area contributed by atoms with Crippen molar-refractivity contribution in [3.05, 3.63) is 29.6 Å². The predicted molar refractivity (Wildman–Crippen MR) is 61.9 cm³/mol. The van der Waals surface area contributed by atoms with E-state index in [0.717, 1.165) is 24.1 Å². The Hall–Kier alpha value is -1.49. The van der Waals surface area contributed by atoms with E-state index in [-0.39, 0.29) is 0 Å².